The van der Waals surface area contributed by atoms with Gasteiger partial charge in [-0.15, -0.1) is 12.4 Å². The summed E-state index contributed by atoms with van der Waals surface area (Å²) >= 11 is 6.11. The Kier molecular flexibility index (Phi) is 5.75. The lowest BCUT2D eigenvalue weighted by Gasteiger charge is -2.12. The molecular formula is C11H16BCl2NO3. The second-order valence-corrected chi connectivity index (χ2v) is 4.34. The van der Waals surface area contributed by atoms with Crippen molar-refractivity contribution in [1.29, 1.82) is 0 Å². The maximum Gasteiger partial charge on any atom is 0.495 e. The minimum Gasteiger partial charge on any atom is -0.494 e. The van der Waals surface area contributed by atoms with Crippen LogP contribution in [0.5, 0.6) is 5.75 Å². The predicted molar refractivity (Wildman–Crippen MR) is 75.0 cm³/mol. The number of halogens is 2. The summed E-state index contributed by atoms with van der Waals surface area (Å²) in [5.74, 6) is 0.620. The molecule has 1 aromatic rings. The highest BCUT2D eigenvalue weighted by Crippen LogP contribution is 2.32. The lowest BCUT2D eigenvalue weighted by Crippen LogP contribution is -2.30. The molecule has 1 aliphatic heterocycles. The van der Waals surface area contributed by atoms with Gasteiger partial charge < -0.3 is 20.1 Å². The fraction of sp³-hybridized carbons (Fsp3) is 0.455. The molecule has 0 aliphatic carbocycles. The molecule has 0 spiro atoms. The highest BCUT2D eigenvalue weighted by Gasteiger charge is 2.38. The third kappa shape index (κ3) is 2.76. The fourth-order valence-electron chi connectivity index (χ4n) is 1.97. The van der Waals surface area contributed by atoms with Gasteiger partial charge in [0.15, 0.2) is 0 Å². The fourth-order valence-corrected chi connectivity index (χ4v) is 2.26. The van der Waals surface area contributed by atoms with E-state index in [1.54, 1.807) is 12.1 Å². The number of rotatable bonds is 4. The van der Waals surface area contributed by atoms with Crippen LogP contribution in [-0.2, 0) is 4.65 Å². The molecule has 0 bridgehead atoms. The molecule has 1 aliphatic rings. The molecule has 0 saturated heterocycles. The first-order valence-electron chi connectivity index (χ1n) is 5.67. The Hall–Kier alpha value is -0.455. The summed E-state index contributed by atoms with van der Waals surface area (Å²) in [6.45, 7) is 2.89. The second-order valence-electron chi connectivity index (χ2n) is 3.93. The van der Waals surface area contributed by atoms with E-state index in [4.69, 9.17) is 26.7 Å². The summed E-state index contributed by atoms with van der Waals surface area (Å²) in [5.41, 5.74) is 6.95. The van der Waals surface area contributed by atoms with Gasteiger partial charge in [-0.2, -0.15) is 0 Å². The minimum absolute atomic E-state index is 0. The van der Waals surface area contributed by atoms with E-state index in [0.717, 1.165) is 12.0 Å². The quantitative estimate of drug-likeness (QED) is 0.820. The zero-order chi connectivity index (χ0) is 12.4. The highest BCUT2D eigenvalue weighted by atomic mass is 35.5. The van der Waals surface area contributed by atoms with Gasteiger partial charge in [0.05, 0.1) is 12.7 Å². The number of hydrogen-bond donors (Lipinski definition) is 2. The van der Waals surface area contributed by atoms with Crippen molar-refractivity contribution in [3.63, 3.8) is 0 Å². The van der Waals surface area contributed by atoms with E-state index < -0.39 is 7.12 Å². The molecule has 0 aromatic heterocycles. The molecule has 1 aromatic carbocycles. The van der Waals surface area contributed by atoms with Gasteiger partial charge in [0.2, 0.25) is 0 Å². The Bertz CT molecular complexity index is 420. The molecule has 1 heterocycles. The van der Waals surface area contributed by atoms with Crippen LogP contribution >= 0.6 is 24.0 Å². The van der Waals surface area contributed by atoms with Gasteiger partial charge in [-0.1, -0.05) is 18.5 Å². The smallest absolute Gasteiger partial charge is 0.494 e. The lowest BCUT2D eigenvalue weighted by atomic mass is 9.78. The minimum atomic E-state index is -1.01. The molecule has 0 unspecified atom stereocenters. The SMILES string of the molecule is CCCOc1ccc(Cl)c2c1B(O)O[C@@H]2CN.Cl. The largest absolute Gasteiger partial charge is 0.495 e. The summed E-state index contributed by atoms with van der Waals surface area (Å²) < 4.78 is 10.9. The molecular weight excluding hydrogens is 276 g/mol. The average molecular weight is 292 g/mol. The van der Waals surface area contributed by atoms with Crippen LogP contribution in [-0.4, -0.2) is 25.3 Å². The van der Waals surface area contributed by atoms with Crippen molar-refractivity contribution in [3.05, 3.63) is 22.7 Å². The maximum absolute atomic E-state index is 9.87. The Morgan fingerprint density at radius 1 is 1.56 bits per heavy atom. The topological polar surface area (TPSA) is 64.7 Å². The Morgan fingerprint density at radius 3 is 2.89 bits per heavy atom. The predicted octanol–water partition coefficient (Wildman–Crippen LogP) is 1.27. The zero-order valence-electron chi connectivity index (χ0n) is 10.1. The molecule has 0 amide bonds. The van der Waals surface area contributed by atoms with Gasteiger partial charge in [-0.3, -0.25) is 0 Å². The van der Waals surface area contributed by atoms with Gasteiger partial charge in [0, 0.05) is 22.6 Å². The summed E-state index contributed by atoms with van der Waals surface area (Å²) in [4.78, 5) is 0. The van der Waals surface area contributed by atoms with E-state index in [1.165, 1.54) is 0 Å². The zero-order valence-corrected chi connectivity index (χ0v) is 11.6. The molecule has 2 rings (SSSR count). The van der Waals surface area contributed by atoms with Crippen molar-refractivity contribution in [2.75, 3.05) is 13.2 Å². The standard InChI is InChI=1S/C11H15BClNO3.ClH/c1-2-5-16-8-4-3-7(13)10-9(6-14)17-12(15)11(8)10;/h3-4,9,15H,2,5-6,14H2,1H3;1H/t9-;/m1./s1. The number of fused-ring (bicyclic) bond motifs is 1. The number of hydrogen-bond acceptors (Lipinski definition) is 4. The van der Waals surface area contributed by atoms with Crippen LogP contribution in [0.25, 0.3) is 0 Å². The van der Waals surface area contributed by atoms with Gasteiger partial charge in [-0.25, -0.2) is 0 Å². The van der Waals surface area contributed by atoms with Gasteiger partial charge >= 0.3 is 7.12 Å². The normalized spacial score (nSPS) is 17.3. The number of ether oxygens (including phenoxy) is 1. The van der Waals surface area contributed by atoms with E-state index in [2.05, 4.69) is 0 Å². The van der Waals surface area contributed by atoms with E-state index in [9.17, 15) is 5.02 Å². The molecule has 3 N–H and O–H groups in total. The van der Waals surface area contributed by atoms with Crippen LogP contribution in [0, 0.1) is 0 Å². The molecule has 4 nitrogen and oxygen atoms in total. The summed E-state index contributed by atoms with van der Waals surface area (Å²) in [6.07, 6.45) is 0.534. The molecule has 1 atom stereocenters. The third-order valence-corrected chi connectivity index (χ3v) is 3.06. The number of benzene rings is 1. The van der Waals surface area contributed by atoms with Crippen LogP contribution in [0.2, 0.25) is 5.02 Å². The molecule has 7 heteroatoms. The number of nitrogens with two attached hydrogens (primary N) is 1. The molecule has 18 heavy (non-hydrogen) atoms. The van der Waals surface area contributed by atoms with Crippen molar-refractivity contribution < 1.29 is 14.4 Å². The Morgan fingerprint density at radius 2 is 2.28 bits per heavy atom. The molecule has 100 valence electrons. The maximum atomic E-state index is 9.87. The van der Waals surface area contributed by atoms with Crippen LogP contribution in [0.3, 0.4) is 0 Å². The lowest BCUT2D eigenvalue weighted by molar-refractivity contribution is 0.198. The van der Waals surface area contributed by atoms with E-state index in [-0.39, 0.29) is 25.1 Å². The Balaban J connectivity index is 0.00000162. The van der Waals surface area contributed by atoms with Gasteiger partial charge in [0.1, 0.15) is 5.75 Å². The van der Waals surface area contributed by atoms with E-state index in [1.807, 2.05) is 6.92 Å². The van der Waals surface area contributed by atoms with Gasteiger partial charge in [-0.05, 0) is 18.6 Å². The summed E-state index contributed by atoms with van der Waals surface area (Å²) in [7, 11) is -1.01. The first-order chi connectivity index (χ1) is 8.19. The van der Waals surface area contributed by atoms with Crippen molar-refractivity contribution in [1.82, 2.24) is 0 Å². The van der Waals surface area contributed by atoms with Crippen LogP contribution in [0.15, 0.2) is 12.1 Å². The molecule has 0 fully saturated rings. The van der Waals surface area contributed by atoms with Crippen LogP contribution < -0.4 is 15.9 Å². The first-order valence-corrected chi connectivity index (χ1v) is 6.05. The Labute approximate surface area is 118 Å². The first kappa shape index (κ1) is 15.6. The van der Waals surface area contributed by atoms with Crippen LogP contribution in [0.1, 0.15) is 25.0 Å². The monoisotopic (exact) mass is 291 g/mol. The summed E-state index contributed by atoms with van der Waals surface area (Å²) in [6, 6.07) is 3.50. The van der Waals surface area contributed by atoms with Crippen molar-refractivity contribution in [2.24, 2.45) is 5.73 Å². The van der Waals surface area contributed by atoms with E-state index >= 15 is 0 Å². The van der Waals surface area contributed by atoms with Crippen LogP contribution in [0.4, 0.5) is 0 Å². The van der Waals surface area contributed by atoms with Crippen molar-refractivity contribution in [2.45, 2.75) is 19.4 Å². The third-order valence-electron chi connectivity index (χ3n) is 2.73. The van der Waals surface area contributed by atoms with Crippen molar-refractivity contribution in [3.8, 4) is 5.75 Å². The van der Waals surface area contributed by atoms with E-state index in [0.29, 0.717) is 22.8 Å². The van der Waals surface area contributed by atoms with Crippen molar-refractivity contribution >= 4 is 36.6 Å². The molecule has 0 radical (unpaired) electrons. The second kappa shape index (κ2) is 6.64. The highest BCUT2D eigenvalue weighted by molar-refractivity contribution is 6.63. The summed E-state index contributed by atoms with van der Waals surface area (Å²) in [5, 5.41) is 10.4. The van der Waals surface area contributed by atoms with Gasteiger partial charge in [0.25, 0.3) is 0 Å². The molecule has 0 saturated carbocycles. The average Bonchev–Trinajstić information content (AvgIpc) is 2.67.